The van der Waals surface area contributed by atoms with E-state index in [1.54, 1.807) is 0 Å². The number of benzene rings is 2. The van der Waals surface area contributed by atoms with Crippen LogP contribution >= 0.6 is 15.9 Å². The van der Waals surface area contributed by atoms with Crippen LogP contribution in [0.5, 0.6) is 0 Å². The van der Waals surface area contributed by atoms with Crippen LogP contribution in [0.4, 0.5) is 0 Å². The van der Waals surface area contributed by atoms with E-state index in [-0.39, 0.29) is 0 Å². The van der Waals surface area contributed by atoms with E-state index in [0.717, 1.165) is 11.9 Å². The van der Waals surface area contributed by atoms with Crippen molar-refractivity contribution in [3.63, 3.8) is 0 Å². The lowest BCUT2D eigenvalue weighted by Gasteiger charge is -2.27. The predicted octanol–water partition coefficient (Wildman–Crippen LogP) is 6.03. The molecule has 0 aliphatic rings. The van der Waals surface area contributed by atoms with Gasteiger partial charge in [0.1, 0.15) is 0 Å². The lowest BCUT2D eigenvalue weighted by atomic mass is 10.0. The molecule has 1 nitrogen and oxygen atoms in total. The summed E-state index contributed by atoms with van der Waals surface area (Å²) in [5.41, 5.74) is 5.06. The van der Waals surface area contributed by atoms with E-state index in [1.165, 1.54) is 22.3 Å². The van der Waals surface area contributed by atoms with E-state index < -0.39 is 8.80 Å². The molecule has 0 atom stereocenters. The van der Waals surface area contributed by atoms with Gasteiger partial charge in [-0.05, 0) is 33.4 Å². The van der Waals surface area contributed by atoms with Gasteiger partial charge in [-0.3, -0.25) is 0 Å². The molecule has 0 aliphatic carbocycles. The molecule has 0 saturated heterocycles. The zero-order valence-electron chi connectivity index (χ0n) is 14.6. The SMILES string of the molecule is C[SiH](C)C(C)(C)COCc1cccc(-c2cccc(CBr)c2)c1. The van der Waals surface area contributed by atoms with Crippen molar-refractivity contribution in [1.29, 1.82) is 0 Å². The monoisotopic (exact) mass is 390 g/mol. The van der Waals surface area contributed by atoms with Crippen LogP contribution in [0.15, 0.2) is 48.5 Å². The average molecular weight is 391 g/mol. The van der Waals surface area contributed by atoms with E-state index in [2.05, 4.69) is 91.4 Å². The Morgan fingerprint density at radius 2 is 1.52 bits per heavy atom. The van der Waals surface area contributed by atoms with Crippen molar-refractivity contribution in [3.8, 4) is 11.1 Å². The molecular formula is C20H27BrOSi. The highest BCUT2D eigenvalue weighted by Crippen LogP contribution is 2.29. The van der Waals surface area contributed by atoms with E-state index >= 15 is 0 Å². The van der Waals surface area contributed by atoms with Crippen LogP contribution in [0.3, 0.4) is 0 Å². The van der Waals surface area contributed by atoms with E-state index in [4.69, 9.17) is 4.74 Å². The van der Waals surface area contributed by atoms with Crippen molar-refractivity contribution >= 4 is 24.7 Å². The minimum atomic E-state index is -0.703. The van der Waals surface area contributed by atoms with E-state index in [0.29, 0.717) is 11.6 Å². The third kappa shape index (κ3) is 5.30. The normalized spacial score (nSPS) is 11.9. The summed E-state index contributed by atoms with van der Waals surface area (Å²) < 4.78 is 6.01. The zero-order chi connectivity index (χ0) is 16.9. The highest BCUT2D eigenvalue weighted by Gasteiger charge is 2.23. The smallest absolute Gasteiger partial charge is 0.0717 e. The summed E-state index contributed by atoms with van der Waals surface area (Å²) in [6.45, 7) is 11.0. The molecule has 2 aromatic rings. The van der Waals surface area contributed by atoms with Crippen molar-refractivity contribution in [1.82, 2.24) is 0 Å². The van der Waals surface area contributed by atoms with Crippen LogP contribution in [0.1, 0.15) is 25.0 Å². The maximum Gasteiger partial charge on any atom is 0.0717 e. The number of hydrogen-bond acceptors (Lipinski definition) is 1. The van der Waals surface area contributed by atoms with Crippen molar-refractivity contribution in [2.24, 2.45) is 0 Å². The molecule has 0 fully saturated rings. The van der Waals surface area contributed by atoms with Crippen LogP contribution < -0.4 is 0 Å². The van der Waals surface area contributed by atoms with Gasteiger partial charge >= 0.3 is 0 Å². The Morgan fingerprint density at radius 3 is 2.09 bits per heavy atom. The van der Waals surface area contributed by atoms with Gasteiger partial charge in [0.25, 0.3) is 0 Å². The molecular weight excluding hydrogens is 364 g/mol. The minimum absolute atomic E-state index is 0.349. The van der Waals surface area contributed by atoms with Crippen molar-refractivity contribution in [2.75, 3.05) is 6.61 Å². The molecule has 0 aromatic heterocycles. The number of rotatable bonds is 7. The molecule has 124 valence electrons. The molecule has 0 radical (unpaired) electrons. The maximum absolute atomic E-state index is 6.01. The molecule has 0 amide bonds. The van der Waals surface area contributed by atoms with Gasteiger partial charge in [-0.25, -0.2) is 0 Å². The first-order valence-corrected chi connectivity index (χ1v) is 12.2. The van der Waals surface area contributed by atoms with Gasteiger partial charge in [0.05, 0.1) is 6.61 Å². The number of alkyl halides is 1. The summed E-state index contributed by atoms with van der Waals surface area (Å²) >= 11 is 3.53. The molecule has 3 heteroatoms. The van der Waals surface area contributed by atoms with Gasteiger partial charge in [-0.1, -0.05) is 85.3 Å². The number of hydrogen-bond donors (Lipinski definition) is 0. The highest BCUT2D eigenvalue weighted by atomic mass is 79.9. The Balaban J connectivity index is 2.05. The number of ether oxygens (including phenoxy) is 1. The average Bonchev–Trinajstić information content (AvgIpc) is 2.55. The van der Waals surface area contributed by atoms with Crippen molar-refractivity contribution in [3.05, 3.63) is 59.7 Å². The molecule has 0 spiro atoms. The fourth-order valence-electron chi connectivity index (χ4n) is 2.27. The van der Waals surface area contributed by atoms with Gasteiger partial charge in [-0.15, -0.1) is 0 Å². The van der Waals surface area contributed by atoms with Crippen LogP contribution in [-0.2, 0) is 16.7 Å². The van der Waals surface area contributed by atoms with Crippen LogP contribution in [-0.4, -0.2) is 15.4 Å². The summed E-state index contributed by atoms with van der Waals surface area (Å²) in [5.74, 6) is 0. The summed E-state index contributed by atoms with van der Waals surface area (Å²) in [6.07, 6.45) is 0. The maximum atomic E-state index is 6.01. The second kappa shape index (κ2) is 8.27. The molecule has 0 N–H and O–H groups in total. The first-order valence-electron chi connectivity index (χ1n) is 8.24. The van der Waals surface area contributed by atoms with E-state index in [1.807, 2.05) is 0 Å². The minimum Gasteiger partial charge on any atom is -0.377 e. The molecule has 0 aliphatic heterocycles. The summed E-state index contributed by atoms with van der Waals surface area (Å²) in [6, 6.07) is 17.3. The second-order valence-electron chi connectivity index (χ2n) is 7.17. The third-order valence-electron chi connectivity index (χ3n) is 4.65. The molecule has 2 aromatic carbocycles. The first-order chi connectivity index (χ1) is 10.9. The lowest BCUT2D eigenvalue weighted by molar-refractivity contribution is 0.101. The fraction of sp³-hybridized carbons (Fsp3) is 0.400. The van der Waals surface area contributed by atoms with Crippen molar-refractivity contribution < 1.29 is 4.74 Å². The highest BCUT2D eigenvalue weighted by molar-refractivity contribution is 9.08. The Hall–Kier alpha value is -0.903. The van der Waals surface area contributed by atoms with Gasteiger partial charge < -0.3 is 4.74 Å². The summed E-state index contributed by atoms with van der Waals surface area (Å²) in [5, 5.41) is 1.24. The predicted molar refractivity (Wildman–Crippen MR) is 107 cm³/mol. The molecule has 0 saturated carbocycles. The Morgan fingerprint density at radius 1 is 0.957 bits per heavy atom. The molecule has 0 bridgehead atoms. The largest absolute Gasteiger partial charge is 0.377 e. The molecule has 0 unspecified atom stereocenters. The summed E-state index contributed by atoms with van der Waals surface area (Å²) in [7, 11) is -0.703. The quantitative estimate of drug-likeness (QED) is 0.413. The Bertz CT molecular complexity index is 637. The van der Waals surface area contributed by atoms with Crippen LogP contribution in [0.2, 0.25) is 18.1 Å². The summed E-state index contributed by atoms with van der Waals surface area (Å²) in [4.78, 5) is 0. The molecule has 2 rings (SSSR count). The molecule has 23 heavy (non-hydrogen) atoms. The standard InChI is InChI=1S/C20H27BrOSi/c1-20(2,23(3)4)15-22-14-17-8-6-10-19(12-17)18-9-5-7-16(11-18)13-21/h5-12,23H,13-15H2,1-4H3. The third-order valence-corrected chi connectivity index (χ3v) is 8.59. The van der Waals surface area contributed by atoms with Gasteiger partial charge in [0, 0.05) is 20.7 Å². The lowest BCUT2D eigenvalue weighted by Crippen LogP contribution is -2.26. The topological polar surface area (TPSA) is 9.23 Å². The van der Waals surface area contributed by atoms with Gasteiger partial charge in [-0.2, -0.15) is 0 Å². The van der Waals surface area contributed by atoms with Gasteiger partial charge in [0.2, 0.25) is 0 Å². The van der Waals surface area contributed by atoms with Crippen LogP contribution in [0, 0.1) is 0 Å². The second-order valence-corrected chi connectivity index (χ2v) is 11.6. The zero-order valence-corrected chi connectivity index (χ0v) is 17.3. The Labute approximate surface area is 150 Å². The van der Waals surface area contributed by atoms with E-state index in [9.17, 15) is 0 Å². The first kappa shape index (κ1) is 18.4. The fourth-order valence-corrected chi connectivity index (χ4v) is 3.07. The van der Waals surface area contributed by atoms with Gasteiger partial charge in [0.15, 0.2) is 0 Å². The van der Waals surface area contributed by atoms with Crippen molar-refractivity contribution in [2.45, 2.75) is 43.9 Å². The molecule has 0 heterocycles. The Kier molecular flexibility index (Phi) is 6.63. The van der Waals surface area contributed by atoms with Crippen LogP contribution in [0.25, 0.3) is 11.1 Å². The number of halogens is 1.